The predicted octanol–water partition coefficient (Wildman–Crippen LogP) is 2.11. The Morgan fingerprint density at radius 2 is 1.83 bits per heavy atom. The van der Waals surface area contributed by atoms with E-state index in [1.165, 1.54) is 0 Å². The van der Waals surface area contributed by atoms with E-state index in [9.17, 15) is 5.11 Å². The van der Waals surface area contributed by atoms with E-state index in [2.05, 4.69) is 15.0 Å². The molecule has 0 saturated heterocycles. The van der Waals surface area contributed by atoms with Crippen molar-refractivity contribution in [3.63, 3.8) is 0 Å². The van der Waals surface area contributed by atoms with Gasteiger partial charge >= 0.3 is 0 Å². The van der Waals surface area contributed by atoms with Crippen LogP contribution in [0.4, 0.5) is 0 Å². The summed E-state index contributed by atoms with van der Waals surface area (Å²) in [6.45, 7) is 0. The van der Waals surface area contributed by atoms with Crippen LogP contribution < -0.4 is 0 Å². The third kappa shape index (κ3) is 1.83. The van der Waals surface area contributed by atoms with Crippen LogP contribution in [-0.2, 0) is 0 Å². The molecule has 3 aromatic rings. The molecule has 1 N–H and O–H groups in total. The number of benzene rings is 1. The molecule has 1 atom stereocenters. The topological polar surface area (TPSA) is 58.9 Å². The molecule has 0 aliphatic rings. The summed E-state index contributed by atoms with van der Waals surface area (Å²) < 4.78 is 0. The first-order valence-electron chi connectivity index (χ1n) is 5.64. The molecule has 0 radical (unpaired) electrons. The number of aliphatic hydroxyl groups is 1. The summed E-state index contributed by atoms with van der Waals surface area (Å²) in [5, 5.41) is 12.3. The molecule has 4 heteroatoms. The van der Waals surface area contributed by atoms with Crippen molar-refractivity contribution in [2.24, 2.45) is 0 Å². The lowest BCUT2D eigenvalue weighted by Gasteiger charge is -2.11. The van der Waals surface area contributed by atoms with Crippen LogP contribution in [0.25, 0.3) is 10.8 Å². The maximum atomic E-state index is 10.3. The highest BCUT2D eigenvalue weighted by atomic mass is 16.3. The second-order valence-electron chi connectivity index (χ2n) is 3.95. The van der Waals surface area contributed by atoms with Crippen LogP contribution in [0.3, 0.4) is 0 Å². The van der Waals surface area contributed by atoms with E-state index >= 15 is 0 Å². The summed E-state index contributed by atoms with van der Waals surface area (Å²) in [6.07, 6.45) is 5.52. The third-order valence-electron chi connectivity index (χ3n) is 2.83. The van der Waals surface area contributed by atoms with E-state index in [1.807, 2.05) is 30.3 Å². The summed E-state index contributed by atoms with van der Waals surface area (Å²) in [5.41, 5.74) is 1.11. The van der Waals surface area contributed by atoms with Crippen molar-refractivity contribution in [1.29, 1.82) is 0 Å². The molecule has 2 aromatic heterocycles. The average molecular weight is 237 g/mol. The zero-order valence-electron chi connectivity index (χ0n) is 9.56. The Balaban J connectivity index is 2.15. The Bertz CT molecular complexity index is 665. The van der Waals surface area contributed by atoms with Gasteiger partial charge in [-0.2, -0.15) is 0 Å². The standard InChI is InChI=1S/C14H11N3O/c18-14(12-9-15-7-8-16-12)13-11-4-2-1-3-10(11)5-6-17-13/h1-9,14,18H. The molecule has 0 spiro atoms. The van der Waals surface area contributed by atoms with E-state index in [0.717, 1.165) is 10.8 Å². The average Bonchev–Trinajstić information content (AvgIpc) is 2.47. The molecule has 1 aromatic carbocycles. The highest BCUT2D eigenvalue weighted by molar-refractivity contribution is 5.84. The SMILES string of the molecule is OC(c1cnccn1)c1nccc2ccccc12. The van der Waals surface area contributed by atoms with Crippen LogP contribution in [0, 0.1) is 0 Å². The summed E-state index contributed by atoms with van der Waals surface area (Å²) in [5.74, 6) is 0. The van der Waals surface area contributed by atoms with E-state index in [1.54, 1.807) is 24.8 Å². The van der Waals surface area contributed by atoms with Crippen molar-refractivity contribution in [3.8, 4) is 0 Å². The number of rotatable bonds is 2. The molecule has 0 aliphatic carbocycles. The largest absolute Gasteiger partial charge is 0.380 e. The summed E-state index contributed by atoms with van der Waals surface area (Å²) in [7, 11) is 0. The zero-order valence-corrected chi connectivity index (χ0v) is 9.56. The van der Waals surface area contributed by atoms with Crippen LogP contribution in [0.1, 0.15) is 17.5 Å². The molecule has 0 amide bonds. The number of hydrogen-bond acceptors (Lipinski definition) is 4. The Kier molecular flexibility index (Phi) is 2.70. The van der Waals surface area contributed by atoms with Gasteiger partial charge in [0.05, 0.1) is 17.6 Å². The molecule has 1 unspecified atom stereocenters. The van der Waals surface area contributed by atoms with E-state index < -0.39 is 6.10 Å². The molecule has 0 bridgehead atoms. The minimum absolute atomic E-state index is 0.501. The number of fused-ring (bicyclic) bond motifs is 1. The highest BCUT2D eigenvalue weighted by Gasteiger charge is 2.15. The first-order valence-corrected chi connectivity index (χ1v) is 5.64. The van der Waals surface area contributed by atoms with Gasteiger partial charge < -0.3 is 5.11 Å². The Hall–Kier alpha value is -2.33. The molecule has 2 heterocycles. The van der Waals surface area contributed by atoms with Gasteiger partial charge in [0.15, 0.2) is 0 Å². The number of pyridine rings is 1. The maximum absolute atomic E-state index is 10.3. The number of nitrogens with zero attached hydrogens (tertiary/aromatic N) is 3. The van der Waals surface area contributed by atoms with E-state index in [4.69, 9.17) is 0 Å². The predicted molar refractivity (Wildman–Crippen MR) is 67.8 cm³/mol. The normalized spacial score (nSPS) is 12.5. The van der Waals surface area contributed by atoms with Gasteiger partial charge in [-0.15, -0.1) is 0 Å². The molecule has 3 rings (SSSR count). The van der Waals surface area contributed by atoms with E-state index in [-0.39, 0.29) is 0 Å². The van der Waals surface area contributed by atoms with Gasteiger partial charge in [-0.25, -0.2) is 0 Å². The fraction of sp³-hybridized carbons (Fsp3) is 0.0714. The van der Waals surface area contributed by atoms with Crippen LogP contribution in [-0.4, -0.2) is 20.1 Å². The first kappa shape index (κ1) is 10.8. The first-order chi connectivity index (χ1) is 8.86. The summed E-state index contributed by atoms with van der Waals surface area (Å²) in [6, 6.07) is 9.74. The molecule has 0 saturated carbocycles. The Morgan fingerprint density at radius 3 is 2.67 bits per heavy atom. The van der Waals surface area contributed by atoms with Gasteiger partial charge in [0.1, 0.15) is 6.10 Å². The van der Waals surface area contributed by atoms with E-state index in [0.29, 0.717) is 11.4 Å². The minimum Gasteiger partial charge on any atom is -0.380 e. The fourth-order valence-electron chi connectivity index (χ4n) is 1.95. The Labute approximate surface area is 104 Å². The van der Waals surface area contributed by atoms with Crippen molar-refractivity contribution in [2.75, 3.05) is 0 Å². The summed E-state index contributed by atoms with van der Waals surface area (Å²) in [4.78, 5) is 12.3. The van der Waals surface area contributed by atoms with Gasteiger partial charge in [-0.1, -0.05) is 24.3 Å². The number of aromatic nitrogens is 3. The quantitative estimate of drug-likeness (QED) is 0.741. The van der Waals surface area contributed by atoms with Crippen LogP contribution in [0.15, 0.2) is 55.1 Å². The second-order valence-corrected chi connectivity index (χ2v) is 3.95. The monoisotopic (exact) mass is 237 g/mol. The molecule has 0 fully saturated rings. The number of hydrogen-bond donors (Lipinski definition) is 1. The lowest BCUT2D eigenvalue weighted by atomic mass is 10.1. The fourth-order valence-corrected chi connectivity index (χ4v) is 1.95. The minimum atomic E-state index is -0.857. The molecule has 0 aliphatic heterocycles. The molecule has 88 valence electrons. The molecular weight excluding hydrogens is 226 g/mol. The lowest BCUT2D eigenvalue weighted by Crippen LogP contribution is -2.05. The molecule has 4 nitrogen and oxygen atoms in total. The number of aliphatic hydroxyl groups excluding tert-OH is 1. The van der Waals surface area contributed by atoms with Gasteiger partial charge in [-0.05, 0) is 11.5 Å². The van der Waals surface area contributed by atoms with Crippen molar-refractivity contribution in [2.45, 2.75) is 6.10 Å². The summed E-state index contributed by atoms with van der Waals surface area (Å²) >= 11 is 0. The lowest BCUT2D eigenvalue weighted by molar-refractivity contribution is 0.211. The third-order valence-corrected chi connectivity index (χ3v) is 2.83. The van der Waals surface area contributed by atoms with Crippen molar-refractivity contribution in [1.82, 2.24) is 15.0 Å². The van der Waals surface area contributed by atoms with Crippen molar-refractivity contribution < 1.29 is 5.11 Å². The van der Waals surface area contributed by atoms with Gasteiger partial charge in [0.25, 0.3) is 0 Å². The zero-order chi connectivity index (χ0) is 12.4. The maximum Gasteiger partial charge on any atom is 0.140 e. The molecular formula is C14H11N3O. The van der Waals surface area contributed by atoms with Crippen molar-refractivity contribution in [3.05, 3.63) is 66.5 Å². The van der Waals surface area contributed by atoms with Crippen LogP contribution >= 0.6 is 0 Å². The van der Waals surface area contributed by atoms with Crippen LogP contribution in [0.2, 0.25) is 0 Å². The van der Waals surface area contributed by atoms with Gasteiger partial charge in [0, 0.05) is 24.0 Å². The molecule has 18 heavy (non-hydrogen) atoms. The smallest absolute Gasteiger partial charge is 0.140 e. The van der Waals surface area contributed by atoms with Gasteiger partial charge in [-0.3, -0.25) is 15.0 Å². The van der Waals surface area contributed by atoms with Gasteiger partial charge in [0.2, 0.25) is 0 Å². The second kappa shape index (κ2) is 4.50. The van der Waals surface area contributed by atoms with Crippen molar-refractivity contribution >= 4 is 10.8 Å². The van der Waals surface area contributed by atoms with Crippen LogP contribution in [0.5, 0.6) is 0 Å². The Morgan fingerprint density at radius 1 is 0.944 bits per heavy atom. The highest BCUT2D eigenvalue weighted by Crippen LogP contribution is 2.25.